The van der Waals surface area contributed by atoms with Crippen LogP contribution in [0.1, 0.15) is 93.2 Å². The summed E-state index contributed by atoms with van der Waals surface area (Å²) in [6.45, 7) is 2.12. The number of ether oxygens (including phenoxy) is 5. The highest BCUT2D eigenvalue weighted by atomic mass is 16.5. The minimum absolute atomic E-state index is 0.112. The Bertz CT molecular complexity index is 1520. The second-order valence-corrected chi connectivity index (χ2v) is 10.8. The van der Waals surface area contributed by atoms with E-state index in [-0.39, 0.29) is 30.3 Å². The highest BCUT2D eigenvalue weighted by molar-refractivity contribution is 5.97. The average molecular weight is 615 g/mol. The number of hydrogen-bond acceptors (Lipinski definition) is 9. The van der Waals surface area contributed by atoms with Crippen LogP contribution in [-0.4, -0.2) is 44.0 Å². The lowest BCUT2D eigenvalue weighted by Crippen LogP contribution is -2.18. The third kappa shape index (κ3) is 9.53. The molecule has 0 N–H and O–H groups in total. The molecule has 0 spiro atoms. The number of esters is 3. The SMILES string of the molecule is COC(=O)c1ccc(COc2cc3c(c(OCc4ccc(C(=O)OC)cc4)c2)C(=O)OC(C)CCCC(=O)CCCC=C3)cc1. The number of Topliss-reactive ketones (excluding diaryl/α,β-unsaturated/α-hetero) is 1. The minimum atomic E-state index is -0.536. The van der Waals surface area contributed by atoms with Crippen molar-refractivity contribution < 1.29 is 42.9 Å². The van der Waals surface area contributed by atoms with Crippen molar-refractivity contribution in [3.8, 4) is 11.5 Å². The van der Waals surface area contributed by atoms with Crippen molar-refractivity contribution in [1.82, 2.24) is 0 Å². The van der Waals surface area contributed by atoms with Gasteiger partial charge in [-0.15, -0.1) is 0 Å². The van der Waals surface area contributed by atoms with Crippen molar-refractivity contribution in [2.75, 3.05) is 14.2 Å². The maximum Gasteiger partial charge on any atom is 0.342 e. The number of cyclic esters (lactones) is 1. The van der Waals surface area contributed by atoms with Crippen LogP contribution in [0.25, 0.3) is 6.08 Å². The van der Waals surface area contributed by atoms with Gasteiger partial charge in [0, 0.05) is 18.9 Å². The van der Waals surface area contributed by atoms with Crippen LogP contribution in [-0.2, 0) is 32.2 Å². The highest BCUT2D eigenvalue weighted by Gasteiger charge is 2.23. The first kappa shape index (κ1) is 33.0. The molecule has 4 rings (SSSR count). The maximum atomic E-state index is 13.6. The first-order valence-corrected chi connectivity index (χ1v) is 14.9. The smallest absolute Gasteiger partial charge is 0.342 e. The van der Waals surface area contributed by atoms with E-state index in [1.165, 1.54) is 14.2 Å². The Morgan fingerprint density at radius 1 is 0.800 bits per heavy atom. The molecule has 0 aromatic heterocycles. The number of fused-ring (bicyclic) bond motifs is 1. The van der Waals surface area contributed by atoms with Crippen molar-refractivity contribution in [2.45, 2.75) is 64.8 Å². The molecule has 0 bridgehead atoms. The van der Waals surface area contributed by atoms with Gasteiger partial charge in [-0.2, -0.15) is 0 Å². The fourth-order valence-electron chi connectivity index (χ4n) is 4.83. The molecule has 0 aliphatic carbocycles. The molecule has 9 nitrogen and oxygen atoms in total. The fraction of sp³-hybridized carbons (Fsp3) is 0.333. The molecule has 3 aromatic rings. The fourth-order valence-corrected chi connectivity index (χ4v) is 4.83. The van der Waals surface area contributed by atoms with Crippen LogP contribution < -0.4 is 9.47 Å². The summed E-state index contributed by atoms with van der Waals surface area (Å²) in [7, 11) is 2.65. The van der Waals surface area contributed by atoms with Crippen LogP contribution >= 0.6 is 0 Å². The number of benzene rings is 3. The van der Waals surface area contributed by atoms with Gasteiger partial charge >= 0.3 is 17.9 Å². The Labute approximate surface area is 263 Å². The molecule has 0 fully saturated rings. The molecule has 0 saturated carbocycles. The molecule has 0 saturated heterocycles. The van der Waals surface area contributed by atoms with E-state index in [2.05, 4.69) is 0 Å². The van der Waals surface area contributed by atoms with Gasteiger partial charge in [0.1, 0.15) is 36.1 Å². The summed E-state index contributed by atoms with van der Waals surface area (Å²) < 4.78 is 27.7. The number of carbonyl (C=O) groups is 4. The summed E-state index contributed by atoms with van der Waals surface area (Å²) in [4.78, 5) is 49.5. The predicted molar refractivity (Wildman–Crippen MR) is 167 cm³/mol. The lowest BCUT2D eigenvalue weighted by Gasteiger charge is -2.19. The summed E-state index contributed by atoms with van der Waals surface area (Å²) in [5.74, 6) is -0.440. The molecule has 1 unspecified atom stereocenters. The second-order valence-electron chi connectivity index (χ2n) is 10.8. The minimum Gasteiger partial charge on any atom is -0.489 e. The molecule has 0 radical (unpaired) electrons. The number of carbonyl (C=O) groups excluding carboxylic acids is 4. The topological polar surface area (TPSA) is 114 Å². The van der Waals surface area contributed by atoms with Gasteiger partial charge in [-0.05, 0) is 79.6 Å². The molecular weight excluding hydrogens is 576 g/mol. The lowest BCUT2D eigenvalue weighted by atomic mass is 10.0. The van der Waals surface area contributed by atoms with Crippen molar-refractivity contribution >= 4 is 29.8 Å². The van der Waals surface area contributed by atoms with Crippen LogP contribution in [0.4, 0.5) is 0 Å². The zero-order valence-electron chi connectivity index (χ0n) is 25.8. The van der Waals surface area contributed by atoms with Crippen molar-refractivity contribution in [1.29, 1.82) is 0 Å². The number of methoxy groups -OCH3 is 2. The van der Waals surface area contributed by atoms with Crippen molar-refractivity contribution in [3.05, 3.63) is 100 Å². The summed E-state index contributed by atoms with van der Waals surface area (Å²) in [6, 6.07) is 17.1. The maximum absolute atomic E-state index is 13.6. The Morgan fingerprint density at radius 2 is 1.38 bits per heavy atom. The van der Waals surface area contributed by atoms with Crippen LogP contribution in [0, 0.1) is 0 Å². The molecule has 45 heavy (non-hydrogen) atoms. The molecule has 1 atom stereocenters. The largest absolute Gasteiger partial charge is 0.489 e. The van der Waals surface area contributed by atoms with E-state index >= 15 is 0 Å². The number of rotatable bonds is 8. The zero-order chi connectivity index (χ0) is 32.2. The Morgan fingerprint density at radius 3 is 1.98 bits per heavy atom. The molecule has 9 heteroatoms. The van der Waals surface area contributed by atoms with Crippen LogP contribution in [0.2, 0.25) is 0 Å². The van der Waals surface area contributed by atoms with E-state index < -0.39 is 24.0 Å². The molecule has 0 amide bonds. The average Bonchev–Trinajstić information content (AvgIpc) is 3.05. The van der Waals surface area contributed by atoms with Gasteiger partial charge in [0.05, 0.1) is 31.5 Å². The molecule has 1 heterocycles. The quantitative estimate of drug-likeness (QED) is 0.197. The molecule has 3 aromatic carbocycles. The second kappa shape index (κ2) is 16.2. The van der Waals surface area contributed by atoms with Crippen molar-refractivity contribution in [3.63, 3.8) is 0 Å². The Kier molecular flexibility index (Phi) is 11.9. The number of ketones is 1. The van der Waals surface area contributed by atoms with Gasteiger partial charge in [0.25, 0.3) is 0 Å². The monoisotopic (exact) mass is 614 g/mol. The Balaban J connectivity index is 1.65. The molecule has 1 aliphatic heterocycles. The van der Waals surface area contributed by atoms with Crippen LogP contribution in [0.15, 0.2) is 66.7 Å². The molecular formula is C36H38O9. The van der Waals surface area contributed by atoms with E-state index in [9.17, 15) is 19.2 Å². The standard InChI is InChI=1S/C36H38O9/c1-24-8-7-11-30(37)10-6-4-5-9-29-20-31(43-22-25-12-16-27(17-13-25)34(38)41-2)21-32(33(29)36(40)45-24)44-23-26-14-18-28(19-15-26)35(39)42-3/h5,9,12-21,24H,4,6-8,10-11,22-23H2,1-3H3. The van der Waals surface area contributed by atoms with Gasteiger partial charge in [-0.1, -0.05) is 36.4 Å². The van der Waals surface area contributed by atoms with Gasteiger partial charge in [0.15, 0.2) is 0 Å². The van der Waals surface area contributed by atoms with Gasteiger partial charge < -0.3 is 23.7 Å². The van der Waals surface area contributed by atoms with E-state index in [0.29, 0.717) is 61.0 Å². The molecule has 1 aliphatic rings. The Hall–Kier alpha value is -4.92. The first-order valence-electron chi connectivity index (χ1n) is 14.9. The van der Waals surface area contributed by atoms with E-state index in [4.69, 9.17) is 23.7 Å². The van der Waals surface area contributed by atoms with Gasteiger partial charge in [0.2, 0.25) is 0 Å². The van der Waals surface area contributed by atoms with Gasteiger partial charge in [-0.3, -0.25) is 4.79 Å². The summed E-state index contributed by atoms with van der Waals surface area (Å²) in [6.07, 6.45) is 6.93. The molecule has 236 valence electrons. The summed E-state index contributed by atoms with van der Waals surface area (Å²) in [5.41, 5.74) is 3.28. The first-order chi connectivity index (χ1) is 21.8. The number of hydrogen-bond donors (Lipinski definition) is 0. The van der Waals surface area contributed by atoms with Gasteiger partial charge in [-0.25, -0.2) is 14.4 Å². The predicted octanol–water partition coefficient (Wildman–Crippen LogP) is 6.90. The van der Waals surface area contributed by atoms with E-state index in [1.807, 2.05) is 19.1 Å². The number of allylic oxidation sites excluding steroid dienone is 1. The highest BCUT2D eigenvalue weighted by Crippen LogP contribution is 2.33. The van der Waals surface area contributed by atoms with Crippen LogP contribution in [0.5, 0.6) is 11.5 Å². The summed E-state index contributed by atoms with van der Waals surface area (Å²) in [5, 5.41) is 0. The van der Waals surface area contributed by atoms with E-state index in [1.54, 1.807) is 60.7 Å². The lowest BCUT2D eigenvalue weighted by molar-refractivity contribution is -0.119. The van der Waals surface area contributed by atoms with E-state index in [0.717, 1.165) is 11.1 Å². The summed E-state index contributed by atoms with van der Waals surface area (Å²) >= 11 is 0. The van der Waals surface area contributed by atoms with Crippen molar-refractivity contribution in [2.24, 2.45) is 0 Å². The third-order valence-electron chi connectivity index (χ3n) is 7.36. The van der Waals surface area contributed by atoms with Crippen LogP contribution in [0.3, 0.4) is 0 Å². The third-order valence-corrected chi connectivity index (χ3v) is 7.36. The normalized spacial score (nSPS) is 15.7. The zero-order valence-corrected chi connectivity index (χ0v) is 25.8.